The van der Waals surface area contributed by atoms with E-state index in [2.05, 4.69) is 25.5 Å². The van der Waals surface area contributed by atoms with Crippen molar-refractivity contribution >= 4 is 17.4 Å². The third-order valence-electron chi connectivity index (χ3n) is 1.93. The van der Waals surface area contributed by atoms with Gasteiger partial charge in [0.1, 0.15) is 5.82 Å². The first-order valence-corrected chi connectivity index (χ1v) is 5.13. The van der Waals surface area contributed by atoms with Crippen LogP contribution >= 0.6 is 11.6 Å². The van der Waals surface area contributed by atoms with Gasteiger partial charge in [0.2, 0.25) is 5.28 Å². The van der Waals surface area contributed by atoms with Crippen molar-refractivity contribution in [1.82, 2.24) is 20.2 Å². The third-order valence-corrected chi connectivity index (χ3v) is 2.09. The van der Waals surface area contributed by atoms with E-state index in [-0.39, 0.29) is 5.28 Å². The minimum atomic E-state index is 0.127. The summed E-state index contributed by atoms with van der Waals surface area (Å²) in [6.45, 7) is 2.53. The summed E-state index contributed by atoms with van der Waals surface area (Å²) < 4.78 is 0. The lowest BCUT2D eigenvalue weighted by Gasteiger charge is -2.04. The van der Waals surface area contributed by atoms with E-state index in [1.165, 1.54) is 6.20 Å². The fraction of sp³-hybridized carbons (Fsp3) is 0.200. The van der Waals surface area contributed by atoms with E-state index < -0.39 is 0 Å². The first kappa shape index (κ1) is 10.8. The molecule has 0 aromatic carbocycles. The minimum absolute atomic E-state index is 0.127. The quantitative estimate of drug-likeness (QED) is 0.880. The number of hydrogen-bond donors (Lipinski definition) is 1. The summed E-state index contributed by atoms with van der Waals surface area (Å²) in [6, 6.07) is 5.85. The number of nitrogens with one attached hydrogen (secondary N) is 1. The molecular weight excluding hydrogens is 226 g/mol. The number of rotatable bonds is 3. The number of hydrogen-bond acceptors (Lipinski definition) is 5. The maximum atomic E-state index is 5.61. The van der Waals surface area contributed by atoms with Gasteiger partial charge < -0.3 is 5.32 Å². The summed E-state index contributed by atoms with van der Waals surface area (Å²) in [5.41, 5.74) is 1.92. The van der Waals surface area contributed by atoms with E-state index in [9.17, 15) is 0 Å². The van der Waals surface area contributed by atoms with Gasteiger partial charge in [-0.1, -0.05) is 6.07 Å². The molecule has 0 fully saturated rings. The molecule has 0 bridgehead atoms. The SMILES string of the molecule is Cc1cccc(CNc2cnnc(Cl)n2)n1. The Morgan fingerprint density at radius 1 is 1.31 bits per heavy atom. The molecule has 6 heteroatoms. The van der Waals surface area contributed by atoms with Crippen LogP contribution in [-0.4, -0.2) is 20.2 Å². The molecule has 2 heterocycles. The second-order valence-corrected chi connectivity index (χ2v) is 3.57. The van der Waals surface area contributed by atoms with E-state index in [4.69, 9.17) is 11.6 Å². The van der Waals surface area contributed by atoms with E-state index in [1.807, 2.05) is 25.1 Å². The zero-order valence-corrected chi connectivity index (χ0v) is 9.44. The maximum absolute atomic E-state index is 5.61. The van der Waals surface area contributed by atoms with Gasteiger partial charge in [-0.15, -0.1) is 5.10 Å². The van der Waals surface area contributed by atoms with Crippen molar-refractivity contribution in [2.75, 3.05) is 5.32 Å². The molecule has 2 aromatic heterocycles. The van der Waals surface area contributed by atoms with Crippen LogP contribution in [0.4, 0.5) is 5.82 Å². The Kier molecular flexibility index (Phi) is 3.26. The minimum Gasteiger partial charge on any atom is -0.363 e. The predicted octanol–water partition coefficient (Wildman–Crippen LogP) is 1.84. The second kappa shape index (κ2) is 4.85. The maximum Gasteiger partial charge on any atom is 0.244 e. The van der Waals surface area contributed by atoms with Gasteiger partial charge >= 0.3 is 0 Å². The Labute approximate surface area is 97.9 Å². The number of nitrogens with zero attached hydrogens (tertiary/aromatic N) is 4. The zero-order chi connectivity index (χ0) is 11.4. The first-order valence-electron chi connectivity index (χ1n) is 4.76. The fourth-order valence-electron chi connectivity index (χ4n) is 1.25. The summed E-state index contributed by atoms with van der Waals surface area (Å²) in [5, 5.41) is 10.4. The number of aryl methyl sites for hydroxylation is 1. The van der Waals surface area contributed by atoms with Crippen molar-refractivity contribution in [3.05, 3.63) is 41.1 Å². The second-order valence-electron chi connectivity index (χ2n) is 3.23. The molecule has 82 valence electrons. The first-order chi connectivity index (χ1) is 7.74. The van der Waals surface area contributed by atoms with Gasteiger partial charge in [0, 0.05) is 5.69 Å². The summed E-state index contributed by atoms with van der Waals surface area (Å²) in [4.78, 5) is 8.31. The van der Waals surface area contributed by atoms with Crippen LogP contribution in [0, 0.1) is 6.92 Å². The summed E-state index contributed by atoms with van der Waals surface area (Å²) >= 11 is 5.61. The lowest BCUT2D eigenvalue weighted by Crippen LogP contribution is -2.04. The highest BCUT2D eigenvalue weighted by Crippen LogP contribution is 2.06. The van der Waals surface area contributed by atoms with Crippen molar-refractivity contribution in [3.63, 3.8) is 0 Å². The molecule has 0 aliphatic heterocycles. The molecule has 0 spiro atoms. The van der Waals surface area contributed by atoms with Gasteiger partial charge in [-0.05, 0) is 30.7 Å². The molecule has 0 saturated heterocycles. The molecule has 0 unspecified atom stereocenters. The van der Waals surface area contributed by atoms with Crippen LogP contribution in [0.15, 0.2) is 24.4 Å². The molecular formula is C10H10ClN5. The van der Waals surface area contributed by atoms with Gasteiger partial charge in [0.25, 0.3) is 0 Å². The Hall–Kier alpha value is -1.75. The highest BCUT2D eigenvalue weighted by atomic mass is 35.5. The van der Waals surface area contributed by atoms with Gasteiger partial charge in [-0.3, -0.25) is 4.98 Å². The fourth-order valence-corrected chi connectivity index (χ4v) is 1.38. The van der Waals surface area contributed by atoms with Gasteiger partial charge in [0.15, 0.2) is 0 Å². The lowest BCUT2D eigenvalue weighted by atomic mass is 10.3. The third kappa shape index (κ3) is 2.87. The molecule has 0 atom stereocenters. The molecule has 5 nitrogen and oxygen atoms in total. The van der Waals surface area contributed by atoms with E-state index >= 15 is 0 Å². The topological polar surface area (TPSA) is 63.6 Å². The normalized spacial score (nSPS) is 10.1. The van der Waals surface area contributed by atoms with Crippen LogP contribution < -0.4 is 5.32 Å². The van der Waals surface area contributed by atoms with Crippen molar-refractivity contribution in [2.24, 2.45) is 0 Å². The van der Waals surface area contributed by atoms with Crippen LogP contribution in [0.5, 0.6) is 0 Å². The standard InChI is InChI=1S/C10H10ClN5/c1-7-3-2-4-8(14-7)5-12-9-6-13-16-10(11)15-9/h2-4,6H,5H2,1H3,(H,12,15,16). The Balaban J connectivity index is 2.02. The van der Waals surface area contributed by atoms with Crippen molar-refractivity contribution in [2.45, 2.75) is 13.5 Å². The highest BCUT2D eigenvalue weighted by Gasteiger charge is 1.98. The number of pyridine rings is 1. The zero-order valence-electron chi connectivity index (χ0n) is 8.68. The lowest BCUT2D eigenvalue weighted by molar-refractivity contribution is 0.944. The summed E-state index contributed by atoms with van der Waals surface area (Å²) in [5.74, 6) is 0.586. The average Bonchev–Trinajstić information content (AvgIpc) is 2.27. The van der Waals surface area contributed by atoms with Gasteiger partial charge in [0.05, 0.1) is 18.4 Å². The Morgan fingerprint density at radius 2 is 2.19 bits per heavy atom. The Morgan fingerprint density at radius 3 is 2.94 bits per heavy atom. The van der Waals surface area contributed by atoms with Gasteiger partial charge in [-0.2, -0.15) is 10.1 Å². The van der Waals surface area contributed by atoms with E-state index in [0.717, 1.165) is 11.4 Å². The summed E-state index contributed by atoms with van der Waals surface area (Å²) in [6.07, 6.45) is 1.52. The van der Waals surface area contributed by atoms with Crippen LogP contribution in [0.2, 0.25) is 5.28 Å². The molecule has 1 N–H and O–H groups in total. The summed E-state index contributed by atoms with van der Waals surface area (Å²) in [7, 11) is 0. The van der Waals surface area contributed by atoms with Crippen molar-refractivity contribution in [3.8, 4) is 0 Å². The predicted molar refractivity (Wildman–Crippen MR) is 61.1 cm³/mol. The van der Waals surface area contributed by atoms with Crippen molar-refractivity contribution < 1.29 is 0 Å². The monoisotopic (exact) mass is 235 g/mol. The van der Waals surface area contributed by atoms with E-state index in [0.29, 0.717) is 12.4 Å². The van der Waals surface area contributed by atoms with Crippen LogP contribution in [0.1, 0.15) is 11.4 Å². The van der Waals surface area contributed by atoms with Crippen molar-refractivity contribution in [1.29, 1.82) is 0 Å². The molecule has 0 amide bonds. The van der Waals surface area contributed by atoms with Crippen LogP contribution in [-0.2, 0) is 6.54 Å². The molecule has 2 aromatic rings. The average molecular weight is 236 g/mol. The highest BCUT2D eigenvalue weighted by molar-refractivity contribution is 6.28. The Bertz CT molecular complexity index is 443. The van der Waals surface area contributed by atoms with E-state index in [1.54, 1.807) is 0 Å². The molecule has 2 rings (SSSR count). The van der Waals surface area contributed by atoms with Crippen LogP contribution in [0.25, 0.3) is 0 Å². The number of anilines is 1. The largest absolute Gasteiger partial charge is 0.363 e. The van der Waals surface area contributed by atoms with Crippen LogP contribution in [0.3, 0.4) is 0 Å². The van der Waals surface area contributed by atoms with Gasteiger partial charge in [-0.25, -0.2) is 0 Å². The number of halogens is 1. The molecule has 0 aliphatic carbocycles. The number of aromatic nitrogens is 4. The molecule has 0 radical (unpaired) electrons. The molecule has 0 aliphatic rings. The molecule has 0 saturated carbocycles. The molecule has 16 heavy (non-hydrogen) atoms. The smallest absolute Gasteiger partial charge is 0.244 e.